The molecule has 156 valence electrons. The summed E-state index contributed by atoms with van der Waals surface area (Å²) < 4.78 is 87.6. The fourth-order valence-electron chi connectivity index (χ4n) is 2.26. The molecule has 0 heterocycles. The summed E-state index contributed by atoms with van der Waals surface area (Å²) in [7, 11) is -4.87. The van der Waals surface area contributed by atoms with Crippen LogP contribution in [-0.4, -0.2) is 26.0 Å². The van der Waals surface area contributed by atoms with Crippen LogP contribution in [0.4, 0.5) is 33.3 Å². The maximum atomic E-state index is 13.3. The Hall–Kier alpha value is -3.02. The average Bonchev–Trinajstić information content (AvgIpc) is 2.61. The largest absolute Gasteiger partial charge is 0.418 e. The van der Waals surface area contributed by atoms with Gasteiger partial charge in [-0.2, -0.15) is 22.0 Å². The first-order chi connectivity index (χ1) is 13.3. The van der Waals surface area contributed by atoms with Crippen molar-refractivity contribution in [3.8, 4) is 0 Å². The number of nitrogens with one attached hydrogen (secondary N) is 2. The molecule has 29 heavy (non-hydrogen) atoms. The third-order valence-corrected chi connectivity index (χ3v) is 4.97. The molecule has 0 spiro atoms. The molecule has 0 aliphatic heterocycles. The van der Waals surface area contributed by atoms with Gasteiger partial charge in [-0.25, -0.2) is 8.42 Å². The minimum absolute atomic E-state index is 0.135. The number of alkyl halides is 5. The lowest BCUT2D eigenvalue weighted by Gasteiger charge is -2.15. The van der Waals surface area contributed by atoms with E-state index in [1.165, 1.54) is 0 Å². The van der Waals surface area contributed by atoms with E-state index in [4.69, 9.17) is 0 Å². The van der Waals surface area contributed by atoms with Gasteiger partial charge in [-0.05, 0) is 42.5 Å². The Labute approximate surface area is 161 Å². The number of hydrogen-bond donors (Lipinski definition) is 2. The quantitative estimate of drug-likeness (QED) is 0.696. The second-order valence-electron chi connectivity index (χ2n) is 5.72. The first-order valence-electron chi connectivity index (χ1n) is 7.74. The smallest absolute Gasteiger partial charge is 0.326 e. The Morgan fingerprint density at radius 2 is 1.55 bits per heavy atom. The molecule has 2 aromatic carbocycles. The van der Waals surface area contributed by atoms with Gasteiger partial charge in [-0.15, -0.1) is 0 Å². The monoisotopic (exact) mass is 436 g/mol. The van der Waals surface area contributed by atoms with Crippen molar-refractivity contribution in [2.45, 2.75) is 23.8 Å². The summed E-state index contributed by atoms with van der Waals surface area (Å²) in [6, 6.07) is 6.00. The van der Waals surface area contributed by atoms with Crippen molar-refractivity contribution < 1.29 is 40.0 Å². The molecule has 0 bridgehead atoms. The molecule has 2 rings (SSSR count). The number of amides is 2. The van der Waals surface area contributed by atoms with Crippen LogP contribution >= 0.6 is 0 Å². The lowest BCUT2D eigenvalue weighted by Crippen LogP contribution is -2.18. The lowest BCUT2D eigenvalue weighted by molar-refractivity contribution is -0.137. The minimum Gasteiger partial charge on any atom is -0.326 e. The van der Waals surface area contributed by atoms with Crippen LogP contribution in [0.25, 0.3) is 0 Å². The SMILES string of the molecule is CC(=O)Nc1ccc(NC(=O)c2ccc(S(=O)(=O)C(F)F)cc2)c(C(F)(F)F)c1. The number of halogens is 5. The summed E-state index contributed by atoms with van der Waals surface area (Å²) in [5.41, 5.74) is -2.23. The van der Waals surface area contributed by atoms with Crippen LogP contribution < -0.4 is 10.6 Å². The Balaban J connectivity index is 2.31. The third-order valence-electron chi connectivity index (χ3n) is 3.57. The van der Waals surface area contributed by atoms with Crippen molar-refractivity contribution in [1.82, 2.24) is 0 Å². The molecule has 2 amide bonds. The van der Waals surface area contributed by atoms with E-state index in [-0.39, 0.29) is 11.3 Å². The number of anilines is 2. The summed E-state index contributed by atoms with van der Waals surface area (Å²) in [4.78, 5) is 22.5. The maximum absolute atomic E-state index is 13.3. The van der Waals surface area contributed by atoms with Gasteiger partial charge >= 0.3 is 11.9 Å². The van der Waals surface area contributed by atoms with E-state index in [0.717, 1.165) is 43.3 Å². The van der Waals surface area contributed by atoms with Gasteiger partial charge in [0.25, 0.3) is 5.91 Å². The fourth-order valence-corrected chi connectivity index (χ4v) is 2.98. The van der Waals surface area contributed by atoms with Gasteiger partial charge in [0.05, 0.1) is 16.1 Å². The van der Waals surface area contributed by atoms with Gasteiger partial charge in [0, 0.05) is 18.2 Å². The first-order valence-corrected chi connectivity index (χ1v) is 9.29. The molecule has 0 atom stereocenters. The predicted molar refractivity (Wildman–Crippen MR) is 93.3 cm³/mol. The van der Waals surface area contributed by atoms with E-state index in [0.29, 0.717) is 6.07 Å². The van der Waals surface area contributed by atoms with Crippen LogP contribution in [0.15, 0.2) is 47.4 Å². The van der Waals surface area contributed by atoms with Crippen molar-refractivity contribution in [3.05, 3.63) is 53.6 Å². The number of carbonyl (C=O) groups is 2. The molecule has 0 unspecified atom stereocenters. The van der Waals surface area contributed by atoms with Crippen molar-refractivity contribution in [2.75, 3.05) is 10.6 Å². The summed E-state index contributed by atoms with van der Waals surface area (Å²) >= 11 is 0. The highest BCUT2D eigenvalue weighted by molar-refractivity contribution is 7.91. The normalized spacial score (nSPS) is 12.0. The number of rotatable bonds is 5. The van der Waals surface area contributed by atoms with Gasteiger partial charge < -0.3 is 10.6 Å². The fraction of sp³-hybridized carbons (Fsp3) is 0.176. The Morgan fingerprint density at radius 3 is 2.03 bits per heavy atom. The number of benzene rings is 2. The van der Waals surface area contributed by atoms with E-state index in [2.05, 4.69) is 5.32 Å². The van der Waals surface area contributed by atoms with E-state index >= 15 is 0 Å². The molecular weight excluding hydrogens is 423 g/mol. The number of hydrogen-bond acceptors (Lipinski definition) is 4. The lowest BCUT2D eigenvalue weighted by atomic mass is 10.1. The third kappa shape index (κ3) is 5.28. The van der Waals surface area contributed by atoms with Gasteiger partial charge in [0.15, 0.2) is 0 Å². The summed E-state index contributed by atoms with van der Waals surface area (Å²) in [5.74, 6) is -5.27. The molecule has 0 aliphatic rings. The molecule has 0 fully saturated rings. The molecule has 0 aliphatic carbocycles. The van der Waals surface area contributed by atoms with E-state index in [9.17, 15) is 40.0 Å². The molecule has 0 radical (unpaired) electrons. The van der Waals surface area contributed by atoms with Crippen LogP contribution in [0.1, 0.15) is 22.8 Å². The van der Waals surface area contributed by atoms with Crippen molar-refractivity contribution in [2.24, 2.45) is 0 Å². The van der Waals surface area contributed by atoms with Gasteiger partial charge in [0.1, 0.15) is 0 Å². The van der Waals surface area contributed by atoms with E-state index in [1.54, 1.807) is 0 Å². The predicted octanol–water partition coefficient (Wildman–Crippen LogP) is 3.91. The zero-order valence-corrected chi connectivity index (χ0v) is 15.4. The topological polar surface area (TPSA) is 92.3 Å². The molecule has 12 heteroatoms. The second-order valence-corrected chi connectivity index (χ2v) is 7.64. The molecule has 2 aromatic rings. The zero-order chi connectivity index (χ0) is 22.0. The Kier molecular flexibility index (Phi) is 6.26. The molecule has 2 N–H and O–H groups in total. The highest BCUT2D eigenvalue weighted by Crippen LogP contribution is 2.36. The van der Waals surface area contributed by atoms with E-state index in [1.807, 2.05) is 5.32 Å². The van der Waals surface area contributed by atoms with Crippen molar-refractivity contribution >= 4 is 33.0 Å². The van der Waals surface area contributed by atoms with Crippen LogP contribution in [0.2, 0.25) is 0 Å². The number of sulfone groups is 1. The minimum atomic E-state index is -4.87. The first kappa shape index (κ1) is 22.3. The van der Waals surface area contributed by atoms with Gasteiger partial charge in [-0.3, -0.25) is 9.59 Å². The maximum Gasteiger partial charge on any atom is 0.418 e. The zero-order valence-electron chi connectivity index (χ0n) is 14.5. The number of carbonyl (C=O) groups excluding carboxylic acids is 2. The van der Waals surface area contributed by atoms with Crippen molar-refractivity contribution in [1.29, 1.82) is 0 Å². The second kappa shape index (κ2) is 8.15. The average molecular weight is 436 g/mol. The molecular formula is C17H13F5N2O4S. The van der Waals surface area contributed by atoms with E-state index < -0.39 is 49.7 Å². The van der Waals surface area contributed by atoms with Crippen molar-refractivity contribution in [3.63, 3.8) is 0 Å². The highest BCUT2D eigenvalue weighted by Gasteiger charge is 2.34. The van der Waals surface area contributed by atoms with Crippen LogP contribution in [0.5, 0.6) is 0 Å². The summed E-state index contributed by atoms with van der Waals surface area (Å²) in [6.45, 7) is 1.11. The van der Waals surface area contributed by atoms with Gasteiger partial charge in [-0.1, -0.05) is 0 Å². The molecule has 0 aromatic heterocycles. The van der Waals surface area contributed by atoms with Crippen LogP contribution in [-0.2, 0) is 20.8 Å². The van der Waals surface area contributed by atoms with Crippen LogP contribution in [0.3, 0.4) is 0 Å². The highest BCUT2D eigenvalue weighted by atomic mass is 32.2. The van der Waals surface area contributed by atoms with Gasteiger partial charge in [0.2, 0.25) is 15.7 Å². The Bertz CT molecular complexity index is 1030. The molecule has 0 saturated heterocycles. The van der Waals surface area contributed by atoms with Crippen LogP contribution in [0, 0.1) is 0 Å². The molecule has 6 nitrogen and oxygen atoms in total. The molecule has 0 saturated carbocycles. The Morgan fingerprint density at radius 1 is 0.966 bits per heavy atom. The summed E-state index contributed by atoms with van der Waals surface area (Å²) in [6.07, 6.45) is -4.85. The standard InChI is InChI=1S/C17H13F5N2O4S/c1-9(25)23-11-4-7-14(13(8-11)17(20,21)22)24-15(26)10-2-5-12(6-3-10)29(27,28)16(18)19/h2-8,16H,1H3,(H,23,25)(H,24,26). The summed E-state index contributed by atoms with van der Waals surface area (Å²) in [5, 5.41) is 4.21.